The first kappa shape index (κ1) is 36.8. The first-order chi connectivity index (χ1) is 23.0. The molecule has 0 fully saturated rings. The first-order valence-corrected chi connectivity index (χ1v) is 34.7. The number of halogens is 2. The first-order valence-electron chi connectivity index (χ1n) is 18.4. The third-order valence-corrected chi connectivity index (χ3v) is 64.0. The Kier molecular flexibility index (Phi) is 9.94. The molecule has 0 N–H and O–H groups in total. The number of benzene rings is 4. The van der Waals surface area contributed by atoms with Gasteiger partial charge in [-0.3, -0.25) is 0 Å². The van der Waals surface area contributed by atoms with E-state index in [0.717, 1.165) is 6.42 Å². The summed E-state index contributed by atoms with van der Waals surface area (Å²) >= 11 is -4.86. The van der Waals surface area contributed by atoms with Gasteiger partial charge in [0.25, 0.3) is 0 Å². The van der Waals surface area contributed by atoms with E-state index < -0.39 is 21.5 Å². The van der Waals surface area contributed by atoms with Crippen LogP contribution in [0.25, 0.3) is 34.4 Å². The van der Waals surface area contributed by atoms with Crippen LogP contribution in [-0.4, -0.2) is 5.92 Å². The molecular weight excluding hydrogens is 731 g/mol. The van der Waals surface area contributed by atoms with Crippen LogP contribution in [0.4, 0.5) is 0 Å². The zero-order valence-electron chi connectivity index (χ0n) is 31.5. The Bertz CT molecular complexity index is 1960. The summed E-state index contributed by atoms with van der Waals surface area (Å²) in [7, 11) is 17.4. The maximum absolute atomic E-state index is 8.70. The van der Waals surface area contributed by atoms with Crippen LogP contribution < -0.4 is 0 Å². The fourth-order valence-electron chi connectivity index (χ4n) is 8.79. The van der Waals surface area contributed by atoms with E-state index in [1.165, 1.54) is 72.3 Å². The van der Waals surface area contributed by atoms with E-state index in [4.69, 9.17) is 17.0 Å². The molecule has 4 aromatic rings. The molecule has 4 heteroatoms. The van der Waals surface area contributed by atoms with Gasteiger partial charge in [-0.1, -0.05) is 0 Å². The number of fused-ring (bicyclic) bond motifs is 2. The van der Waals surface area contributed by atoms with Crippen molar-refractivity contribution in [2.75, 3.05) is 0 Å². The van der Waals surface area contributed by atoms with Crippen molar-refractivity contribution < 1.29 is 15.6 Å². The Morgan fingerprint density at radius 1 is 0.735 bits per heavy atom. The van der Waals surface area contributed by atoms with Gasteiger partial charge in [0.1, 0.15) is 0 Å². The van der Waals surface area contributed by atoms with Gasteiger partial charge < -0.3 is 0 Å². The summed E-state index contributed by atoms with van der Waals surface area (Å²) in [6, 6.07) is 30.0. The fourth-order valence-corrected chi connectivity index (χ4v) is 41.0. The van der Waals surface area contributed by atoms with Crippen molar-refractivity contribution in [1.29, 1.82) is 0 Å². The molecule has 49 heavy (non-hydrogen) atoms. The topological polar surface area (TPSA) is 0 Å². The SMILES string of the molecule is CCC(C)c1ccc(-c2cccc3c2C=C(C(C)C)[CH]3[Zr]([Cl])([Cl])([CH]2C(C)=Cc3c(-c4ccc(C(C)(C)C)cc4)ccc(C)c32)[SiH](C)C)cc1. The molecular formula is C45H55Cl2SiZr. The van der Waals surface area contributed by atoms with Crippen LogP contribution in [0.5, 0.6) is 0 Å². The molecule has 0 aromatic heterocycles. The average molecular weight is 786 g/mol. The number of aryl methyl sites for hydroxylation is 1. The van der Waals surface area contributed by atoms with E-state index in [2.05, 4.69) is 166 Å². The van der Waals surface area contributed by atoms with Crippen molar-refractivity contribution in [1.82, 2.24) is 0 Å². The minimum atomic E-state index is -4.86. The normalized spacial score (nSPS) is 19.0. The van der Waals surface area contributed by atoms with E-state index in [0.29, 0.717) is 11.8 Å². The molecule has 0 radical (unpaired) electrons. The van der Waals surface area contributed by atoms with Crippen LogP contribution >= 0.6 is 17.0 Å². The number of hydrogen-bond donors (Lipinski definition) is 0. The van der Waals surface area contributed by atoms with Crippen LogP contribution in [0, 0.1) is 12.8 Å². The Balaban J connectivity index is 1.53. The van der Waals surface area contributed by atoms with Crippen molar-refractivity contribution in [3.63, 3.8) is 0 Å². The van der Waals surface area contributed by atoms with E-state index >= 15 is 0 Å². The maximum atomic E-state index is 8.70. The van der Waals surface area contributed by atoms with Crippen molar-refractivity contribution in [2.45, 2.75) is 100 Å². The summed E-state index contributed by atoms with van der Waals surface area (Å²) in [5, 5.41) is 0. The average Bonchev–Trinajstić information content (AvgIpc) is 3.64. The Hall–Kier alpha value is -1.96. The summed E-state index contributed by atoms with van der Waals surface area (Å²) in [5.41, 5.74) is 17.5. The molecule has 4 aromatic carbocycles. The van der Waals surface area contributed by atoms with E-state index in [9.17, 15) is 0 Å². The molecule has 3 unspecified atom stereocenters. The van der Waals surface area contributed by atoms with E-state index in [1.807, 2.05) is 0 Å². The Morgan fingerprint density at radius 3 is 1.88 bits per heavy atom. The predicted molar refractivity (Wildman–Crippen MR) is 218 cm³/mol. The van der Waals surface area contributed by atoms with E-state index in [1.54, 1.807) is 0 Å². The Morgan fingerprint density at radius 2 is 1.33 bits per heavy atom. The zero-order valence-corrected chi connectivity index (χ0v) is 36.6. The fraction of sp³-hybridized carbons (Fsp3) is 0.378. The molecule has 257 valence electrons. The number of allylic oxidation sites excluding steroid dienone is 2. The monoisotopic (exact) mass is 783 g/mol. The van der Waals surface area contributed by atoms with Gasteiger partial charge in [0, 0.05) is 0 Å². The minimum absolute atomic E-state index is 0.0804. The van der Waals surface area contributed by atoms with Gasteiger partial charge in [-0.25, -0.2) is 0 Å². The summed E-state index contributed by atoms with van der Waals surface area (Å²) in [5.74, 6) is -0.745. The quantitative estimate of drug-likeness (QED) is 0.156. The molecule has 0 saturated carbocycles. The Labute approximate surface area is 305 Å². The van der Waals surface area contributed by atoms with Gasteiger partial charge in [0.05, 0.1) is 0 Å². The van der Waals surface area contributed by atoms with Crippen molar-refractivity contribution >= 4 is 35.1 Å². The molecule has 0 amide bonds. The number of hydrogen-bond acceptors (Lipinski definition) is 0. The zero-order chi connectivity index (χ0) is 35.7. The molecule has 0 bridgehead atoms. The van der Waals surface area contributed by atoms with Gasteiger partial charge in [-0.2, -0.15) is 0 Å². The second-order valence-electron chi connectivity index (χ2n) is 16.8. The molecule has 0 aliphatic heterocycles. The summed E-state index contributed by atoms with van der Waals surface area (Å²) in [6.45, 7) is 25.6. The molecule has 2 aliphatic rings. The predicted octanol–water partition coefficient (Wildman–Crippen LogP) is 14.4. The molecule has 3 atom stereocenters. The summed E-state index contributed by atoms with van der Waals surface area (Å²) in [6.07, 6.45) is 6.08. The van der Waals surface area contributed by atoms with E-state index in [-0.39, 0.29) is 12.7 Å². The third kappa shape index (κ3) is 6.09. The van der Waals surface area contributed by atoms with Crippen LogP contribution in [-0.2, 0) is 21.0 Å². The van der Waals surface area contributed by atoms with Crippen LogP contribution in [0.2, 0.25) is 13.1 Å². The van der Waals surface area contributed by atoms with Crippen molar-refractivity contribution in [2.24, 2.45) is 5.92 Å². The van der Waals surface area contributed by atoms with Gasteiger partial charge in [0.2, 0.25) is 0 Å². The van der Waals surface area contributed by atoms with Gasteiger partial charge in [-0.15, -0.1) is 0 Å². The van der Waals surface area contributed by atoms with Gasteiger partial charge in [-0.05, 0) is 0 Å². The van der Waals surface area contributed by atoms with Crippen LogP contribution in [0.15, 0.2) is 90.0 Å². The van der Waals surface area contributed by atoms with Crippen LogP contribution in [0.3, 0.4) is 0 Å². The third-order valence-electron chi connectivity index (χ3n) is 12.1. The second kappa shape index (κ2) is 13.2. The number of rotatable bonds is 8. The molecule has 0 spiro atoms. The standard InChI is InChI=1S/C22H25.C21H23.C2H7Si.2ClH.Zr/c1-5-16(4)17-9-11-18(12-10-17)21-8-6-7-19-13-20(15(2)3)14-22(19)21;1-14-12-19-15(2)6-11-18(20(19)13-14)16-7-9-17(10-8-16)21(3,4)5;1-3-2;;;/h6-16H,5H2,1-4H3;6-13H,1-5H3;3H,1-2H3;2*1H;/q;;;;;+2/p-2. The molecule has 0 saturated heterocycles. The summed E-state index contributed by atoms with van der Waals surface area (Å²) in [4.78, 5) is 0. The van der Waals surface area contributed by atoms with Gasteiger partial charge >= 0.3 is 308 Å². The summed E-state index contributed by atoms with van der Waals surface area (Å²) < 4.78 is 0.163. The molecule has 2 aliphatic carbocycles. The molecule has 6 rings (SSSR count). The molecule has 0 heterocycles. The van der Waals surface area contributed by atoms with Crippen LogP contribution in [0.1, 0.15) is 114 Å². The van der Waals surface area contributed by atoms with Crippen molar-refractivity contribution in [3.05, 3.63) is 129 Å². The second-order valence-corrected chi connectivity index (χ2v) is 59.3. The van der Waals surface area contributed by atoms with Gasteiger partial charge in [0.15, 0.2) is 0 Å². The van der Waals surface area contributed by atoms with Crippen molar-refractivity contribution in [3.8, 4) is 22.3 Å². The molecule has 0 nitrogen and oxygen atoms in total.